The normalized spacial score (nSPS) is 10.7. The van der Waals surface area contributed by atoms with E-state index >= 15 is 0 Å². The number of fused-ring (bicyclic) bond motifs is 1. The molecule has 2 aromatic rings. The van der Waals surface area contributed by atoms with Gasteiger partial charge in [0.15, 0.2) is 5.69 Å². The van der Waals surface area contributed by atoms with Crippen molar-refractivity contribution in [2.45, 2.75) is 6.92 Å². The first-order chi connectivity index (χ1) is 6.63. The van der Waals surface area contributed by atoms with Crippen LogP contribution in [0.4, 0.5) is 5.69 Å². The van der Waals surface area contributed by atoms with E-state index in [0.29, 0.717) is 15.9 Å². The van der Waals surface area contributed by atoms with E-state index in [9.17, 15) is 10.0 Å². The molecular weight excluding hydrogens is 204 g/mol. The summed E-state index contributed by atoms with van der Waals surface area (Å²) in [5, 5.41) is 13.2. The maximum atomic E-state index is 10.5. The average Bonchev–Trinajstić information content (AvgIpc) is 2.41. The van der Waals surface area contributed by atoms with Crippen LogP contribution in [0.1, 0.15) is 5.56 Å². The number of hydrogen-bond donors (Lipinski definition) is 2. The minimum absolute atomic E-state index is 0.00519. The van der Waals surface area contributed by atoms with E-state index in [0.717, 1.165) is 5.56 Å². The maximum Gasteiger partial charge on any atom is 0.219 e. The van der Waals surface area contributed by atoms with Gasteiger partial charge in [0, 0.05) is 10.4 Å². The fourth-order valence-electron chi connectivity index (χ4n) is 1.49. The van der Waals surface area contributed by atoms with Crippen molar-refractivity contribution in [3.8, 4) is 5.88 Å². The van der Waals surface area contributed by atoms with Crippen LogP contribution >= 0.6 is 11.6 Å². The Morgan fingerprint density at radius 3 is 2.86 bits per heavy atom. The SMILES string of the molecule is Cc1cc(Cl)cc2c(N=O)c(O)[nH]c12. The maximum absolute atomic E-state index is 10.5. The number of benzene rings is 1. The Hall–Kier alpha value is -1.55. The lowest BCUT2D eigenvalue weighted by atomic mass is 10.1. The van der Waals surface area contributed by atoms with Crippen molar-refractivity contribution in [2.24, 2.45) is 5.18 Å². The minimum atomic E-state index is -0.222. The van der Waals surface area contributed by atoms with Gasteiger partial charge in [-0.15, -0.1) is 4.91 Å². The van der Waals surface area contributed by atoms with Gasteiger partial charge in [0.1, 0.15) is 0 Å². The molecule has 5 heteroatoms. The number of nitrogens with zero attached hydrogens (tertiary/aromatic N) is 1. The van der Waals surface area contributed by atoms with Crippen LogP contribution < -0.4 is 0 Å². The number of nitrogens with one attached hydrogen (secondary N) is 1. The van der Waals surface area contributed by atoms with Crippen LogP contribution in [0.25, 0.3) is 10.9 Å². The lowest BCUT2D eigenvalue weighted by molar-refractivity contribution is 0.460. The van der Waals surface area contributed by atoms with Crippen molar-refractivity contribution >= 4 is 28.2 Å². The van der Waals surface area contributed by atoms with Gasteiger partial charge < -0.3 is 10.1 Å². The van der Waals surface area contributed by atoms with Gasteiger partial charge in [-0.25, -0.2) is 0 Å². The molecule has 14 heavy (non-hydrogen) atoms. The highest BCUT2D eigenvalue weighted by molar-refractivity contribution is 6.31. The molecule has 0 aliphatic heterocycles. The molecule has 0 atom stereocenters. The molecule has 72 valence electrons. The molecule has 2 rings (SSSR count). The number of aromatic nitrogens is 1. The summed E-state index contributed by atoms with van der Waals surface area (Å²) in [6, 6.07) is 3.34. The third-order valence-electron chi connectivity index (χ3n) is 2.11. The fraction of sp³-hybridized carbons (Fsp3) is 0.111. The molecule has 1 aromatic heterocycles. The first kappa shape index (κ1) is 9.02. The second-order valence-corrected chi connectivity index (χ2v) is 3.50. The van der Waals surface area contributed by atoms with E-state index in [2.05, 4.69) is 10.2 Å². The van der Waals surface area contributed by atoms with Crippen molar-refractivity contribution in [3.05, 3.63) is 27.6 Å². The van der Waals surface area contributed by atoms with Crippen LogP contribution in [0.5, 0.6) is 5.88 Å². The van der Waals surface area contributed by atoms with E-state index in [1.807, 2.05) is 6.92 Å². The zero-order valence-corrected chi connectivity index (χ0v) is 8.09. The number of aromatic amines is 1. The summed E-state index contributed by atoms with van der Waals surface area (Å²) in [6.45, 7) is 1.83. The highest BCUT2D eigenvalue weighted by Crippen LogP contribution is 2.37. The van der Waals surface area contributed by atoms with Crippen LogP contribution in [-0.2, 0) is 0 Å². The molecule has 0 spiro atoms. The van der Waals surface area contributed by atoms with Crippen molar-refractivity contribution in [1.82, 2.24) is 4.98 Å². The Morgan fingerprint density at radius 2 is 2.21 bits per heavy atom. The second-order valence-electron chi connectivity index (χ2n) is 3.06. The smallest absolute Gasteiger partial charge is 0.219 e. The summed E-state index contributed by atoms with van der Waals surface area (Å²) in [5.41, 5.74) is 1.55. The van der Waals surface area contributed by atoms with Gasteiger partial charge in [-0.05, 0) is 29.8 Å². The van der Waals surface area contributed by atoms with E-state index in [4.69, 9.17) is 11.6 Å². The van der Waals surface area contributed by atoms with Gasteiger partial charge in [-0.3, -0.25) is 0 Å². The van der Waals surface area contributed by atoms with Crippen molar-refractivity contribution in [1.29, 1.82) is 0 Å². The molecule has 0 aliphatic rings. The Balaban J connectivity index is 2.94. The lowest BCUT2D eigenvalue weighted by Crippen LogP contribution is -1.75. The molecule has 1 aromatic carbocycles. The molecule has 0 amide bonds. The number of nitroso groups, excluding NO2 is 1. The number of hydrogen-bond acceptors (Lipinski definition) is 3. The summed E-state index contributed by atoms with van der Waals surface area (Å²) in [4.78, 5) is 13.1. The Kier molecular flexibility index (Phi) is 1.93. The molecule has 0 fully saturated rings. The average molecular weight is 211 g/mol. The van der Waals surface area contributed by atoms with Gasteiger partial charge in [-0.1, -0.05) is 11.6 Å². The van der Waals surface area contributed by atoms with Crippen LogP contribution in [0, 0.1) is 11.8 Å². The van der Waals surface area contributed by atoms with Gasteiger partial charge in [0.25, 0.3) is 0 Å². The molecule has 0 saturated carbocycles. The van der Waals surface area contributed by atoms with Gasteiger partial charge in [-0.2, -0.15) is 0 Å². The molecule has 1 heterocycles. The number of rotatable bonds is 1. The summed E-state index contributed by atoms with van der Waals surface area (Å²) < 4.78 is 0. The monoisotopic (exact) mass is 210 g/mol. The standard InChI is InChI=1S/C9H7ClN2O2/c1-4-2-5(10)3-6-7(4)11-9(13)8(6)12-14/h2-3,11,13H,1H3. The minimum Gasteiger partial charge on any atom is -0.493 e. The molecule has 4 nitrogen and oxygen atoms in total. The zero-order valence-electron chi connectivity index (χ0n) is 7.34. The van der Waals surface area contributed by atoms with E-state index < -0.39 is 0 Å². The molecule has 0 unspecified atom stereocenters. The third-order valence-corrected chi connectivity index (χ3v) is 2.33. The highest BCUT2D eigenvalue weighted by Gasteiger charge is 2.13. The Morgan fingerprint density at radius 1 is 1.50 bits per heavy atom. The molecule has 0 radical (unpaired) electrons. The van der Waals surface area contributed by atoms with Crippen LogP contribution in [0.15, 0.2) is 17.3 Å². The summed E-state index contributed by atoms with van der Waals surface area (Å²) in [6.07, 6.45) is 0. The number of halogens is 1. The number of aromatic hydroxyl groups is 1. The van der Waals surface area contributed by atoms with Crippen molar-refractivity contribution in [3.63, 3.8) is 0 Å². The van der Waals surface area contributed by atoms with E-state index in [1.54, 1.807) is 12.1 Å². The van der Waals surface area contributed by atoms with Crippen LogP contribution in [0.3, 0.4) is 0 Å². The van der Waals surface area contributed by atoms with Crippen LogP contribution in [-0.4, -0.2) is 10.1 Å². The van der Waals surface area contributed by atoms with Crippen LogP contribution in [0.2, 0.25) is 5.02 Å². The van der Waals surface area contributed by atoms with Crippen molar-refractivity contribution < 1.29 is 5.11 Å². The quantitative estimate of drug-likeness (QED) is 0.710. The fourth-order valence-corrected chi connectivity index (χ4v) is 1.77. The molecule has 0 aliphatic carbocycles. The highest BCUT2D eigenvalue weighted by atomic mass is 35.5. The molecule has 0 bridgehead atoms. The lowest BCUT2D eigenvalue weighted by Gasteiger charge is -1.96. The number of H-pyrrole nitrogens is 1. The zero-order chi connectivity index (χ0) is 10.3. The molecule has 0 saturated heterocycles. The second kappa shape index (κ2) is 2.99. The first-order valence-corrected chi connectivity index (χ1v) is 4.35. The Labute approximate surface area is 84.5 Å². The van der Waals surface area contributed by atoms with Gasteiger partial charge in [0.2, 0.25) is 5.88 Å². The van der Waals surface area contributed by atoms with Gasteiger partial charge >= 0.3 is 0 Å². The third kappa shape index (κ3) is 1.15. The molecular formula is C9H7ClN2O2. The number of aryl methyl sites for hydroxylation is 1. The predicted octanol–water partition coefficient (Wildman–Crippen LogP) is 3.23. The largest absolute Gasteiger partial charge is 0.493 e. The van der Waals surface area contributed by atoms with Crippen molar-refractivity contribution in [2.75, 3.05) is 0 Å². The summed E-state index contributed by atoms with van der Waals surface area (Å²) in [7, 11) is 0. The van der Waals surface area contributed by atoms with E-state index in [1.165, 1.54) is 0 Å². The van der Waals surface area contributed by atoms with E-state index in [-0.39, 0.29) is 11.6 Å². The first-order valence-electron chi connectivity index (χ1n) is 3.97. The Bertz CT molecular complexity index is 519. The van der Waals surface area contributed by atoms with Gasteiger partial charge in [0.05, 0.1) is 5.52 Å². The predicted molar refractivity (Wildman–Crippen MR) is 55.2 cm³/mol. The summed E-state index contributed by atoms with van der Waals surface area (Å²) >= 11 is 5.82. The topological polar surface area (TPSA) is 65.4 Å². The summed E-state index contributed by atoms with van der Waals surface area (Å²) in [5.74, 6) is -0.222. The molecule has 2 N–H and O–H groups in total.